The highest BCUT2D eigenvalue weighted by Gasteiger charge is 2.13. The molecule has 0 spiro atoms. The third-order valence-corrected chi connectivity index (χ3v) is 5.22. The van der Waals surface area contributed by atoms with Crippen LogP contribution in [0.5, 0.6) is 0 Å². The van der Waals surface area contributed by atoms with Crippen molar-refractivity contribution in [3.63, 3.8) is 0 Å². The van der Waals surface area contributed by atoms with Crippen LogP contribution in [0.3, 0.4) is 0 Å². The van der Waals surface area contributed by atoms with Gasteiger partial charge in [-0.25, -0.2) is 14.6 Å². The zero-order valence-corrected chi connectivity index (χ0v) is 17.0. The lowest BCUT2D eigenvalue weighted by molar-refractivity contribution is -0.115. The number of nitrogens with one attached hydrogen (secondary N) is 2. The summed E-state index contributed by atoms with van der Waals surface area (Å²) in [7, 11) is 0. The Labute approximate surface area is 180 Å². The lowest BCUT2D eigenvalue weighted by Gasteiger charge is -2.07. The van der Waals surface area contributed by atoms with E-state index in [4.69, 9.17) is 11.6 Å². The first-order chi connectivity index (χ1) is 14.6. The lowest BCUT2D eigenvalue weighted by Crippen LogP contribution is -2.33. The maximum absolute atomic E-state index is 12.3. The van der Waals surface area contributed by atoms with E-state index in [1.165, 1.54) is 17.7 Å². The predicted octanol–water partition coefficient (Wildman–Crippen LogP) is 3.41. The maximum Gasteiger partial charge on any atom is 0.271 e. The van der Waals surface area contributed by atoms with Crippen molar-refractivity contribution in [2.75, 3.05) is 11.9 Å². The zero-order valence-electron chi connectivity index (χ0n) is 15.4. The average molecular weight is 439 g/mol. The van der Waals surface area contributed by atoms with Crippen LogP contribution in [0.15, 0.2) is 66.6 Å². The molecule has 0 atom stereocenters. The molecule has 0 unspecified atom stereocenters. The third kappa shape index (κ3) is 4.70. The van der Waals surface area contributed by atoms with Crippen molar-refractivity contribution in [3.05, 3.63) is 77.3 Å². The van der Waals surface area contributed by atoms with E-state index in [1.54, 1.807) is 52.8 Å². The molecule has 0 aliphatic carbocycles. The van der Waals surface area contributed by atoms with E-state index in [1.807, 2.05) is 12.1 Å². The van der Waals surface area contributed by atoms with Crippen LogP contribution in [0.1, 0.15) is 10.5 Å². The second-order valence-electron chi connectivity index (χ2n) is 6.16. The van der Waals surface area contributed by atoms with E-state index in [-0.39, 0.29) is 18.1 Å². The fourth-order valence-electron chi connectivity index (χ4n) is 2.60. The minimum Gasteiger partial charge on any atom is -0.342 e. The molecule has 30 heavy (non-hydrogen) atoms. The molecular formula is C20H15ClN6O2S. The number of nitrogens with zero attached hydrogens (tertiary/aromatic N) is 4. The van der Waals surface area contributed by atoms with E-state index < -0.39 is 5.91 Å². The third-order valence-electron chi connectivity index (χ3n) is 4.07. The van der Waals surface area contributed by atoms with Crippen LogP contribution >= 0.6 is 22.9 Å². The zero-order chi connectivity index (χ0) is 20.9. The SMILES string of the molecule is O=C(CNC(=O)c1csc(-c2ccc(Cl)cc2)n1)Nc1ccc(-n2cncn2)cc1. The largest absolute Gasteiger partial charge is 0.342 e. The Hall–Kier alpha value is -3.56. The second kappa shape index (κ2) is 8.85. The van der Waals surface area contributed by atoms with Gasteiger partial charge in [0.15, 0.2) is 0 Å². The van der Waals surface area contributed by atoms with E-state index >= 15 is 0 Å². The van der Waals surface area contributed by atoms with Crippen molar-refractivity contribution < 1.29 is 9.59 Å². The van der Waals surface area contributed by atoms with Crippen molar-refractivity contribution in [1.82, 2.24) is 25.1 Å². The average Bonchev–Trinajstić information content (AvgIpc) is 3.46. The highest BCUT2D eigenvalue weighted by Crippen LogP contribution is 2.25. The molecule has 8 nitrogen and oxygen atoms in total. The standard InChI is InChI=1S/C20H15ClN6O2S/c21-14-3-1-13(2-4-14)20-26-17(10-30-20)19(29)23-9-18(28)25-15-5-7-16(8-6-15)27-12-22-11-24-27/h1-8,10-12H,9H2,(H,23,29)(H,25,28). The molecule has 0 radical (unpaired) electrons. The minimum absolute atomic E-state index is 0.169. The molecule has 2 amide bonds. The van der Waals surface area contributed by atoms with Gasteiger partial charge in [-0.1, -0.05) is 23.7 Å². The Morgan fingerprint density at radius 3 is 2.53 bits per heavy atom. The molecule has 0 bridgehead atoms. The van der Waals surface area contributed by atoms with Gasteiger partial charge in [0.1, 0.15) is 23.4 Å². The van der Waals surface area contributed by atoms with E-state index in [9.17, 15) is 9.59 Å². The van der Waals surface area contributed by atoms with E-state index in [0.717, 1.165) is 11.3 Å². The maximum atomic E-state index is 12.3. The Bertz CT molecular complexity index is 1160. The van der Waals surface area contributed by atoms with Gasteiger partial charge in [0.25, 0.3) is 5.91 Å². The number of aromatic nitrogens is 4. The van der Waals surface area contributed by atoms with Crippen LogP contribution in [-0.4, -0.2) is 38.1 Å². The Balaban J connectivity index is 1.30. The number of benzene rings is 2. The number of carbonyl (C=O) groups excluding carboxylic acids is 2. The fraction of sp³-hybridized carbons (Fsp3) is 0.0500. The normalized spacial score (nSPS) is 10.6. The highest BCUT2D eigenvalue weighted by atomic mass is 35.5. The van der Waals surface area contributed by atoms with Crippen molar-refractivity contribution in [2.45, 2.75) is 0 Å². The molecule has 4 aromatic rings. The second-order valence-corrected chi connectivity index (χ2v) is 7.46. The summed E-state index contributed by atoms with van der Waals surface area (Å²) in [4.78, 5) is 32.6. The summed E-state index contributed by atoms with van der Waals surface area (Å²) in [6, 6.07) is 14.3. The van der Waals surface area contributed by atoms with Gasteiger partial charge in [0.05, 0.1) is 12.2 Å². The molecular weight excluding hydrogens is 424 g/mol. The summed E-state index contributed by atoms with van der Waals surface area (Å²) in [6.45, 7) is -0.169. The number of hydrogen-bond donors (Lipinski definition) is 2. The molecule has 2 heterocycles. The summed E-state index contributed by atoms with van der Waals surface area (Å²) >= 11 is 7.24. The summed E-state index contributed by atoms with van der Waals surface area (Å²) in [6.07, 6.45) is 3.03. The first-order valence-corrected chi connectivity index (χ1v) is 10.1. The number of halogens is 1. The highest BCUT2D eigenvalue weighted by molar-refractivity contribution is 7.13. The number of amides is 2. The first-order valence-electron chi connectivity index (χ1n) is 8.83. The number of thiazole rings is 1. The molecule has 0 saturated carbocycles. The number of anilines is 1. The molecule has 4 rings (SSSR count). The summed E-state index contributed by atoms with van der Waals surface area (Å²) in [5.74, 6) is -0.756. The van der Waals surface area contributed by atoms with Gasteiger partial charge in [-0.15, -0.1) is 11.3 Å². The Kier molecular flexibility index (Phi) is 5.82. The van der Waals surface area contributed by atoms with E-state index in [0.29, 0.717) is 15.7 Å². The van der Waals surface area contributed by atoms with Crippen LogP contribution in [0, 0.1) is 0 Å². The number of rotatable bonds is 6. The van der Waals surface area contributed by atoms with Crippen LogP contribution in [-0.2, 0) is 4.79 Å². The molecule has 2 N–H and O–H groups in total. The van der Waals surface area contributed by atoms with Gasteiger partial charge in [-0.3, -0.25) is 9.59 Å². The first kappa shape index (κ1) is 19.7. The van der Waals surface area contributed by atoms with Gasteiger partial charge in [0.2, 0.25) is 5.91 Å². The van der Waals surface area contributed by atoms with E-state index in [2.05, 4.69) is 25.7 Å². The molecule has 10 heteroatoms. The molecule has 150 valence electrons. The molecule has 0 aliphatic heterocycles. The topological polar surface area (TPSA) is 102 Å². The number of carbonyl (C=O) groups is 2. The van der Waals surface area contributed by atoms with Crippen LogP contribution in [0.25, 0.3) is 16.3 Å². The van der Waals surface area contributed by atoms with Crippen molar-refractivity contribution >= 4 is 40.4 Å². The number of hydrogen-bond acceptors (Lipinski definition) is 6. The lowest BCUT2D eigenvalue weighted by atomic mass is 10.2. The molecule has 2 aromatic heterocycles. The molecule has 2 aromatic carbocycles. The van der Waals surface area contributed by atoms with Gasteiger partial charge >= 0.3 is 0 Å². The monoisotopic (exact) mass is 438 g/mol. The Morgan fingerprint density at radius 1 is 1.07 bits per heavy atom. The Morgan fingerprint density at radius 2 is 1.83 bits per heavy atom. The summed E-state index contributed by atoms with van der Waals surface area (Å²) in [5, 5.41) is 12.3. The van der Waals surface area contributed by atoms with Gasteiger partial charge in [-0.2, -0.15) is 5.10 Å². The predicted molar refractivity (Wildman–Crippen MR) is 115 cm³/mol. The quantitative estimate of drug-likeness (QED) is 0.480. The fourth-order valence-corrected chi connectivity index (χ4v) is 3.53. The minimum atomic E-state index is -0.414. The van der Waals surface area contributed by atoms with Crippen LogP contribution in [0.2, 0.25) is 5.02 Å². The summed E-state index contributed by atoms with van der Waals surface area (Å²) < 4.78 is 1.61. The van der Waals surface area contributed by atoms with Crippen molar-refractivity contribution in [1.29, 1.82) is 0 Å². The van der Waals surface area contributed by atoms with Gasteiger partial charge in [-0.05, 0) is 36.4 Å². The van der Waals surface area contributed by atoms with Crippen molar-refractivity contribution in [3.8, 4) is 16.3 Å². The molecule has 0 saturated heterocycles. The smallest absolute Gasteiger partial charge is 0.271 e. The van der Waals surface area contributed by atoms with Gasteiger partial charge in [0, 0.05) is 21.7 Å². The molecule has 0 aliphatic rings. The van der Waals surface area contributed by atoms with Crippen LogP contribution < -0.4 is 10.6 Å². The van der Waals surface area contributed by atoms with Crippen LogP contribution in [0.4, 0.5) is 5.69 Å². The molecule has 0 fully saturated rings. The van der Waals surface area contributed by atoms with Crippen molar-refractivity contribution in [2.24, 2.45) is 0 Å². The summed E-state index contributed by atoms with van der Waals surface area (Å²) in [5.41, 5.74) is 2.56. The van der Waals surface area contributed by atoms with Gasteiger partial charge < -0.3 is 10.6 Å².